The summed E-state index contributed by atoms with van der Waals surface area (Å²) in [5.74, 6) is -2.33. The molecule has 2 aromatic heterocycles. The van der Waals surface area contributed by atoms with Crippen LogP contribution in [-0.4, -0.2) is 44.4 Å². The summed E-state index contributed by atoms with van der Waals surface area (Å²) in [6, 6.07) is 12.5. The minimum Gasteiger partial charge on any atom is -0.477 e. The van der Waals surface area contributed by atoms with Gasteiger partial charge in [-0.1, -0.05) is 24.3 Å². The van der Waals surface area contributed by atoms with Crippen molar-refractivity contribution in [1.82, 2.24) is 19.7 Å². The number of halogens is 1. The number of nitrogens with two attached hydrogens (primary N) is 2. The highest BCUT2D eigenvalue weighted by molar-refractivity contribution is 5.96. The number of carboxylic acids is 1. The molecule has 4 rings (SSSR count). The first-order valence-corrected chi connectivity index (χ1v) is 10.9. The second-order valence-electron chi connectivity index (χ2n) is 7.83. The number of aromatic carboxylic acids is 1. The van der Waals surface area contributed by atoms with E-state index in [9.17, 15) is 23.9 Å². The van der Waals surface area contributed by atoms with Gasteiger partial charge in [0, 0.05) is 19.2 Å². The van der Waals surface area contributed by atoms with Gasteiger partial charge in [0.2, 0.25) is 5.78 Å². The summed E-state index contributed by atoms with van der Waals surface area (Å²) in [6.07, 6.45) is 1.32. The molecule has 11 nitrogen and oxygen atoms in total. The van der Waals surface area contributed by atoms with Crippen LogP contribution in [0.3, 0.4) is 0 Å². The third-order valence-electron chi connectivity index (χ3n) is 5.20. The van der Waals surface area contributed by atoms with E-state index in [0.29, 0.717) is 17.7 Å². The number of fused-ring (bicyclic) bond motifs is 1. The van der Waals surface area contributed by atoms with Crippen LogP contribution >= 0.6 is 0 Å². The molecule has 0 spiro atoms. The van der Waals surface area contributed by atoms with Crippen LogP contribution in [0.4, 0.5) is 10.2 Å². The smallest absolute Gasteiger partial charge is 0.353 e. The number of aromatic nitrogens is 3. The molecule has 192 valence electrons. The van der Waals surface area contributed by atoms with E-state index >= 15 is 0 Å². The number of anilines is 1. The van der Waals surface area contributed by atoms with Gasteiger partial charge < -0.3 is 26.6 Å². The highest BCUT2D eigenvalue weighted by atomic mass is 19.1. The summed E-state index contributed by atoms with van der Waals surface area (Å²) < 4.78 is 18.4. The normalized spacial score (nSPS) is 10.4. The zero-order chi connectivity index (χ0) is 27.1. The number of carboxylic acid groups (broad SMARTS) is 1. The van der Waals surface area contributed by atoms with E-state index in [2.05, 4.69) is 20.0 Å². The predicted molar refractivity (Wildman–Crippen MR) is 132 cm³/mol. The average Bonchev–Trinajstić information content (AvgIpc) is 3.28. The summed E-state index contributed by atoms with van der Waals surface area (Å²) in [5, 5.41) is 11.9. The van der Waals surface area contributed by atoms with Crippen LogP contribution in [-0.2, 0) is 17.8 Å². The zero-order valence-corrected chi connectivity index (χ0v) is 20.1. The van der Waals surface area contributed by atoms with E-state index in [4.69, 9.17) is 11.5 Å². The molecule has 0 unspecified atom stereocenters. The lowest BCUT2D eigenvalue weighted by Crippen LogP contribution is -2.25. The lowest BCUT2D eigenvalue weighted by molar-refractivity contribution is 0.0599. The molecule has 0 saturated heterocycles. The Morgan fingerprint density at radius 3 is 2.35 bits per heavy atom. The molecule has 0 aliphatic carbocycles. The third-order valence-corrected chi connectivity index (χ3v) is 5.20. The highest BCUT2D eigenvalue weighted by Gasteiger charge is 2.17. The van der Waals surface area contributed by atoms with Crippen LogP contribution < -0.4 is 16.8 Å². The van der Waals surface area contributed by atoms with Crippen molar-refractivity contribution < 1.29 is 28.6 Å². The molecule has 0 aliphatic heterocycles. The van der Waals surface area contributed by atoms with Crippen molar-refractivity contribution in [2.24, 2.45) is 5.73 Å². The molecule has 37 heavy (non-hydrogen) atoms. The SMILES string of the molecule is COC(=O)c1ccc(CNC(=O)c2cc(C(=O)O)n3cc(N)nc3n2)cc1.Cc1cc(CN)ccc1F. The Hall–Kier alpha value is -4.84. The van der Waals surface area contributed by atoms with Gasteiger partial charge in [-0.15, -0.1) is 0 Å². The number of amides is 1. The minimum atomic E-state index is -1.24. The van der Waals surface area contributed by atoms with Crippen molar-refractivity contribution in [3.63, 3.8) is 0 Å². The van der Waals surface area contributed by atoms with E-state index in [1.165, 1.54) is 23.8 Å². The van der Waals surface area contributed by atoms with Gasteiger partial charge in [-0.3, -0.25) is 9.20 Å². The van der Waals surface area contributed by atoms with Gasteiger partial charge >= 0.3 is 11.9 Å². The van der Waals surface area contributed by atoms with E-state index < -0.39 is 17.8 Å². The van der Waals surface area contributed by atoms with Crippen molar-refractivity contribution in [2.45, 2.75) is 20.0 Å². The van der Waals surface area contributed by atoms with Crippen molar-refractivity contribution in [2.75, 3.05) is 12.8 Å². The summed E-state index contributed by atoms with van der Waals surface area (Å²) >= 11 is 0. The number of nitrogen functional groups attached to an aromatic ring is 1. The van der Waals surface area contributed by atoms with Crippen molar-refractivity contribution in [3.8, 4) is 0 Å². The Labute approximate surface area is 210 Å². The molecule has 2 aromatic carbocycles. The van der Waals surface area contributed by atoms with E-state index in [0.717, 1.165) is 17.2 Å². The van der Waals surface area contributed by atoms with Gasteiger partial charge in [-0.2, -0.15) is 4.98 Å². The largest absolute Gasteiger partial charge is 0.477 e. The Morgan fingerprint density at radius 2 is 1.76 bits per heavy atom. The first kappa shape index (κ1) is 26.8. The molecule has 6 N–H and O–H groups in total. The number of ether oxygens (including phenoxy) is 1. The number of esters is 1. The van der Waals surface area contributed by atoms with E-state index in [1.807, 2.05) is 0 Å². The Balaban J connectivity index is 0.000000319. The number of benzene rings is 2. The summed E-state index contributed by atoms with van der Waals surface area (Å²) in [7, 11) is 1.29. The maximum atomic E-state index is 12.6. The molecule has 2 heterocycles. The van der Waals surface area contributed by atoms with Crippen LogP contribution in [0, 0.1) is 12.7 Å². The molecule has 12 heteroatoms. The number of hydrogen-bond acceptors (Lipinski definition) is 8. The Kier molecular flexibility index (Phi) is 8.48. The second-order valence-corrected chi connectivity index (χ2v) is 7.83. The van der Waals surface area contributed by atoms with Crippen molar-refractivity contribution >= 4 is 29.4 Å². The molecule has 1 amide bonds. The predicted octanol–water partition coefficient (Wildman–Crippen LogP) is 2.32. The first-order chi connectivity index (χ1) is 17.6. The number of aryl methyl sites for hydroxylation is 1. The van der Waals surface area contributed by atoms with Crippen LogP contribution in [0.15, 0.2) is 54.7 Å². The van der Waals surface area contributed by atoms with Gasteiger partial charge in [0.1, 0.15) is 23.0 Å². The number of nitrogens with zero attached hydrogens (tertiary/aromatic N) is 3. The van der Waals surface area contributed by atoms with Crippen LogP contribution in [0.1, 0.15) is 48.0 Å². The van der Waals surface area contributed by atoms with Crippen LogP contribution in [0.5, 0.6) is 0 Å². The van der Waals surface area contributed by atoms with Gasteiger partial charge in [-0.25, -0.2) is 19.0 Å². The van der Waals surface area contributed by atoms with Crippen LogP contribution in [0.25, 0.3) is 5.78 Å². The average molecular weight is 509 g/mol. The monoisotopic (exact) mass is 508 g/mol. The minimum absolute atomic E-state index is 0.0139. The number of carbonyl (C=O) groups is 3. The number of methoxy groups -OCH3 is 1. The van der Waals surface area contributed by atoms with E-state index in [-0.39, 0.29) is 35.3 Å². The number of carbonyl (C=O) groups excluding carboxylic acids is 2. The van der Waals surface area contributed by atoms with Gasteiger partial charge in [0.15, 0.2) is 0 Å². The molecule has 4 aromatic rings. The standard InChI is InChI=1S/C17H15N5O5.C8H10FN/c1-27-16(26)10-4-2-9(3-5-10)7-19-14(23)11-6-12(15(24)25)22-8-13(18)21-17(22)20-11;1-6-4-7(5-10)2-3-8(6)9/h2-6,8H,7,18H2,1H3,(H,19,23)(H,24,25);2-4H,5,10H2,1H3. The molecule has 0 fully saturated rings. The highest BCUT2D eigenvalue weighted by Crippen LogP contribution is 2.12. The molecular formula is C25H25FN6O5. The molecular weight excluding hydrogens is 483 g/mol. The second kappa shape index (κ2) is 11.7. The molecule has 0 saturated carbocycles. The Morgan fingerprint density at radius 1 is 1.08 bits per heavy atom. The lowest BCUT2D eigenvalue weighted by atomic mass is 10.1. The fourth-order valence-corrected chi connectivity index (χ4v) is 3.25. The van der Waals surface area contributed by atoms with Crippen molar-refractivity contribution in [1.29, 1.82) is 0 Å². The van der Waals surface area contributed by atoms with E-state index in [1.54, 1.807) is 43.3 Å². The van der Waals surface area contributed by atoms with Gasteiger partial charge in [0.25, 0.3) is 5.91 Å². The number of rotatable bonds is 6. The Bertz CT molecular complexity index is 1450. The molecule has 0 atom stereocenters. The lowest BCUT2D eigenvalue weighted by Gasteiger charge is -2.07. The number of hydrogen-bond donors (Lipinski definition) is 4. The maximum Gasteiger partial charge on any atom is 0.353 e. The quantitative estimate of drug-likeness (QED) is 0.285. The summed E-state index contributed by atoms with van der Waals surface area (Å²) in [5.41, 5.74) is 13.4. The summed E-state index contributed by atoms with van der Waals surface area (Å²) in [4.78, 5) is 43.1. The van der Waals surface area contributed by atoms with Crippen molar-refractivity contribution in [3.05, 3.63) is 94.2 Å². The summed E-state index contributed by atoms with van der Waals surface area (Å²) in [6.45, 7) is 2.36. The number of nitrogens with one attached hydrogen (secondary N) is 1. The topological polar surface area (TPSA) is 175 Å². The molecule has 0 bridgehead atoms. The fourth-order valence-electron chi connectivity index (χ4n) is 3.25. The molecule has 0 aliphatic rings. The van der Waals surface area contributed by atoms with Gasteiger partial charge in [-0.05, 0) is 41.8 Å². The van der Waals surface area contributed by atoms with Gasteiger partial charge in [0.05, 0.1) is 18.9 Å². The molecule has 0 radical (unpaired) electrons. The number of imidazole rings is 1. The fraction of sp³-hybridized carbons (Fsp3) is 0.160. The first-order valence-electron chi connectivity index (χ1n) is 10.9. The zero-order valence-electron chi connectivity index (χ0n) is 20.1. The maximum absolute atomic E-state index is 12.6. The third kappa shape index (κ3) is 6.64. The van der Waals surface area contributed by atoms with Crippen LogP contribution in [0.2, 0.25) is 0 Å².